The summed E-state index contributed by atoms with van der Waals surface area (Å²) in [6, 6.07) is 8.04. The van der Waals surface area contributed by atoms with Gasteiger partial charge in [0.25, 0.3) is 0 Å². The number of fused-ring (bicyclic) bond motifs is 1. The fraction of sp³-hybridized carbons (Fsp3) is 0.611. The number of ether oxygens (including phenoxy) is 4. The highest BCUT2D eigenvalue weighted by Gasteiger charge is 2.56. The molecule has 23 heavy (non-hydrogen) atoms. The van der Waals surface area contributed by atoms with Gasteiger partial charge in [-0.25, -0.2) is 0 Å². The minimum atomic E-state index is -0.722. The van der Waals surface area contributed by atoms with Crippen LogP contribution < -0.4 is 0 Å². The fourth-order valence-corrected chi connectivity index (χ4v) is 3.08. The molecule has 126 valence electrons. The maximum Gasteiger partial charge on any atom is 0.190 e. The standard InChI is InChI=1S/C18H24O5/c1-5-13(19)14-15(16-17(21-14)23-18(3,4)22-16)20-10-12-9-7-6-8-11(12)2/h6-9,14-17H,5,10H2,1-4H3/t14-,15+,16-,17-/m1/s1. The molecule has 0 saturated carbocycles. The van der Waals surface area contributed by atoms with Crippen molar-refractivity contribution in [2.45, 2.75) is 71.1 Å². The van der Waals surface area contributed by atoms with Crippen molar-refractivity contribution in [1.29, 1.82) is 0 Å². The maximum atomic E-state index is 12.2. The summed E-state index contributed by atoms with van der Waals surface area (Å²) in [7, 11) is 0. The van der Waals surface area contributed by atoms with Crippen molar-refractivity contribution in [1.82, 2.24) is 0 Å². The zero-order valence-electron chi connectivity index (χ0n) is 14.1. The second kappa shape index (κ2) is 6.32. The molecule has 2 heterocycles. The number of hydrogen-bond donors (Lipinski definition) is 0. The van der Waals surface area contributed by atoms with Crippen LogP contribution in [0.3, 0.4) is 0 Å². The Morgan fingerprint density at radius 2 is 2.00 bits per heavy atom. The van der Waals surface area contributed by atoms with Gasteiger partial charge >= 0.3 is 0 Å². The van der Waals surface area contributed by atoms with Crippen molar-refractivity contribution in [3.63, 3.8) is 0 Å². The van der Waals surface area contributed by atoms with E-state index < -0.39 is 24.3 Å². The van der Waals surface area contributed by atoms with E-state index in [1.54, 1.807) is 0 Å². The highest BCUT2D eigenvalue weighted by molar-refractivity contribution is 5.83. The molecule has 0 unspecified atom stereocenters. The van der Waals surface area contributed by atoms with Crippen LogP contribution in [0, 0.1) is 6.92 Å². The summed E-state index contributed by atoms with van der Waals surface area (Å²) in [6.45, 7) is 7.96. The number of carbonyl (C=O) groups excluding carboxylic acids is 1. The molecule has 0 aliphatic carbocycles. The molecule has 2 aliphatic rings. The molecule has 3 rings (SSSR count). The Morgan fingerprint density at radius 1 is 1.26 bits per heavy atom. The number of hydrogen-bond acceptors (Lipinski definition) is 5. The first-order valence-electron chi connectivity index (χ1n) is 8.11. The van der Waals surface area contributed by atoms with Gasteiger partial charge in [0.1, 0.15) is 18.3 Å². The van der Waals surface area contributed by atoms with Gasteiger partial charge in [0.15, 0.2) is 17.9 Å². The monoisotopic (exact) mass is 320 g/mol. The van der Waals surface area contributed by atoms with Crippen LogP contribution in [0.25, 0.3) is 0 Å². The van der Waals surface area contributed by atoms with E-state index in [4.69, 9.17) is 18.9 Å². The van der Waals surface area contributed by atoms with E-state index in [1.807, 2.05) is 52.0 Å². The van der Waals surface area contributed by atoms with Crippen molar-refractivity contribution in [3.8, 4) is 0 Å². The van der Waals surface area contributed by atoms with Crippen molar-refractivity contribution in [2.75, 3.05) is 0 Å². The smallest absolute Gasteiger partial charge is 0.190 e. The summed E-state index contributed by atoms with van der Waals surface area (Å²) < 4.78 is 23.5. The quantitative estimate of drug-likeness (QED) is 0.835. The van der Waals surface area contributed by atoms with Crippen LogP contribution in [-0.4, -0.2) is 36.2 Å². The van der Waals surface area contributed by atoms with Gasteiger partial charge in [0, 0.05) is 6.42 Å². The molecule has 1 aromatic rings. The predicted octanol–water partition coefficient (Wildman–Crippen LogP) is 2.74. The largest absolute Gasteiger partial charge is 0.367 e. The molecule has 4 atom stereocenters. The Labute approximate surface area is 136 Å². The van der Waals surface area contributed by atoms with Gasteiger partial charge in [-0.05, 0) is 31.9 Å². The number of Topliss-reactive ketones (excluding diaryl/α,β-unsaturated/α-hetero) is 1. The average Bonchev–Trinajstić information content (AvgIpc) is 2.98. The molecule has 5 nitrogen and oxygen atoms in total. The number of aryl methyl sites for hydroxylation is 1. The van der Waals surface area contributed by atoms with Gasteiger partial charge in [0.2, 0.25) is 0 Å². The van der Waals surface area contributed by atoms with E-state index in [9.17, 15) is 4.79 Å². The Kier molecular flexibility index (Phi) is 4.56. The molecular formula is C18H24O5. The fourth-order valence-electron chi connectivity index (χ4n) is 3.08. The second-order valence-corrected chi connectivity index (χ2v) is 6.55. The Hall–Kier alpha value is -1.27. The normalized spacial score (nSPS) is 32.0. The number of ketones is 1. The molecule has 2 aliphatic heterocycles. The molecule has 0 amide bonds. The highest BCUT2D eigenvalue weighted by atomic mass is 16.8. The molecular weight excluding hydrogens is 296 g/mol. The third-order valence-electron chi connectivity index (χ3n) is 4.35. The van der Waals surface area contributed by atoms with Gasteiger partial charge in [-0.1, -0.05) is 31.2 Å². The number of rotatable bonds is 5. The summed E-state index contributed by atoms with van der Waals surface area (Å²) in [5, 5.41) is 0. The molecule has 0 N–H and O–H groups in total. The summed E-state index contributed by atoms with van der Waals surface area (Å²) in [5.74, 6) is -0.709. The zero-order chi connectivity index (χ0) is 16.6. The van der Waals surface area contributed by atoms with Gasteiger partial charge in [-0.3, -0.25) is 4.79 Å². The summed E-state index contributed by atoms with van der Waals surface area (Å²) in [6.07, 6.45) is -1.61. The van der Waals surface area contributed by atoms with Crippen LogP contribution in [0.1, 0.15) is 38.3 Å². The van der Waals surface area contributed by atoms with E-state index >= 15 is 0 Å². The minimum absolute atomic E-state index is 0.0131. The predicted molar refractivity (Wildman–Crippen MR) is 83.8 cm³/mol. The Morgan fingerprint density at radius 3 is 2.70 bits per heavy atom. The third-order valence-corrected chi connectivity index (χ3v) is 4.35. The van der Waals surface area contributed by atoms with E-state index in [2.05, 4.69) is 0 Å². The topological polar surface area (TPSA) is 54.0 Å². The SMILES string of the molecule is CCC(=O)[C@H]1O[C@@H]2OC(C)(C)O[C@@H]2[C@H]1OCc1ccccc1C. The second-order valence-electron chi connectivity index (χ2n) is 6.55. The van der Waals surface area contributed by atoms with Crippen LogP contribution in [0.2, 0.25) is 0 Å². The van der Waals surface area contributed by atoms with Crippen LogP contribution in [0.4, 0.5) is 0 Å². The highest BCUT2D eigenvalue weighted by Crippen LogP contribution is 2.39. The molecule has 0 aromatic heterocycles. The lowest BCUT2D eigenvalue weighted by Gasteiger charge is -2.25. The zero-order valence-corrected chi connectivity index (χ0v) is 14.1. The molecule has 2 saturated heterocycles. The number of benzene rings is 1. The van der Waals surface area contributed by atoms with Crippen molar-refractivity contribution < 1.29 is 23.7 Å². The maximum absolute atomic E-state index is 12.2. The van der Waals surface area contributed by atoms with Crippen molar-refractivity contribution in [3.05, 3.63) is 35.4 Å². The Bertz CT molecular complexity index is 583. The van der Waals surface area contributed by atoms with Gasteiger partial charge < -0.3 is 18.9 Å². The first-order chi connectivity index (χ1) is 10.9. The summed E-state index contributed by atoms with van der Waals surface area (Å²) >= 11 is 0. The lowest BCUT2D eigenvalue weighted by atomic mass is 10.0. The Balaban J connectivity index is 1.75. The average molecular weight is 320 g/mol. The molecule has 2 fully saturated rings. The van der Waals surface area contributed by atoms with Crippen LogP contribution in [0.5, 0.6) is 0 Å². The van der Waals surface area contributed by atoms with E-state index in [0.29, 0.717) is 13.0 Å². The van der Waals surface area contributed by atoms with Gasteiger partial charge in [-0.15, -0.1) is 0 Å². The van der Waals surface area contributed by atoms with E-state index in [-0.39, 0.29) is 11.9 Å². The lowest BCUT2D eigenvalue weighted by Crippen LogP contribution is -2.40. The molecule has 5 heteroatoms. The molecule has 0 bridgehead atoms. The molecule has 0 radical (unpaired) electrons. The summed E-state index contributed by atoms with van der Waals surface area (Å²) in [4.78, 5) is 12.2. The first kappa shape index (κ1) is 16.6. The third kappa shape index (κ3) is 3.33. The molecule has 1 aromatic carbocycles. The van der Waals surface area contributed by atoms with Crippen molar-refractivity contribution >= 4 is 5.78 Å². The number of carbonyl (C=O) groups is 1. The van der Waals surface area contributed by atoms with Crippen LogP contribution >= 0.6 is 0 Å². The van der Waals surface area contributed by atoms with E-state index in [0.717, 1.165) is 11.1 Å². The van der Waals surface area contributed by atoms with Crippen LogP contribution in [0.15, 0.2) is 24.3 Å². The van der Waals surface area contributed by atoms with Gasteiger partial charge in [0.05, 0.1) is 6.61 Å². The molecule has 0 spiro atoms. The van der Waals surface area contributed by atoms with Crippen molar-refractivity contribution in [2.24, 2.45) is 0 Å². The van der Waals surface area contributed by atoms with Crippen LogP contribution in [-0.2, 0) is 30.3 Å². The lowest BCUT2D eigenvalue weighted by molar-refractivity contribution is -0.218. The minimum Gasteiger partial charge on any atom is -0.367 e. The van der Waals surface area contributed by atoms with E-state index in [1.165, 1.54) is 0 Å². The summed E-state index contributed by atoms with van der Waals surface area (Å²) in [5.41, 5.74) is 2.25. The first-order valence-corrected chi connectivity index (χ1v) is 8.11. The van der Waals surface area contributed by atoms with Gasteiger partial charge in [-0.2, -0.15) is 0 Å².